The van der Waals surface area contributed by atoms with Crippen LogP contribution in [0.15, 0.2) is 36.4 Å². The van der Waals surface area contributed by atoms with Gasteiger partial charge in [-0.2, -0.15) is 5.26 Å². The lowest BCUT2D eigenvalue weighted by Gasteiger charge is -2.07. The zero-order valence-corrected chi connectivity index (χ0v) is 11.0. The predicted octanol–water partition coefficient (Wildman–Crippen LogP) is 3.19. The van der Waals surface area contributed by atoms with Crippen LogP contribution >= 0.6 is 11.6 Å². The fourth-order valence-electron chi connectivity index (χ4n) is 1.49. The van der Waals surface area contributed by atoms with E-state index in [0.717, 1.165) is 5.69 Å². The summed E-state index contributed by atoms with van der Waals surface area (Å²) in [4.78, 5) is 4.23. The van der Waals surface area contributed by atoms with Crippen molar-refractivity contribution in [2.75, 3.05) is 7.11 Å². The second-order valence-electron chi connectivity index (χ2n) is 3.71. The molecule has 0 bridgehead atoms. The number of ether oxygens (including phenoxy) is 2. The first-order valence-electron chi connectivity index (χ1n) is 5.55. The van der Waals surface area contributed by atoms with E-state index in [1.54, 1.807) is 31.4 Å². The Morgan fingerprint density at radius 1 is 1.32 bits per heavy atom. The van der Waals surface area contributed by atoms with Crippen LogP contribution in [0.4, 0.5) is 0 Å². The van der Waals surface area contributed by atoms with Gasteiger partial charge in [-0.05, 0) is 18.2 Å². The van der Waals surface area contributed by atoms with Crippen LogP contribution in [0.25, 0.3) is 0 Å². The molecule has 0 aliphatic rings. The molecule has 0 fully saturated rings. The van der Waals surface area contributed by atoms with Crippen LogP contribution in [0.2, 0.25) is 5.02 Å². The van der Waals surface area contributed by atoms with E-state index in [-0.39, 0.29) is 0 Å². The van der Waals surface area contributed by atoms with Gasteiger partial charge < -0.3 is 9.47 Å². The number of benzene rings is 1. The number of rotatable bonds is 4. The molecule has 2 rings (SSSR count). The standard InChI is InChI=1S/C14H11ClN2O2/c1-18-14-4-2-3-11(17-14)9-19-12-6-5-10(8-16)13(15)7-12/h2-7H,9H2,1H3. The Bertz CT molecular complexity index is 623. The molecule has 0 N–H and O–H groups in total. The number of halogens is 1. The fourth-order valence-corrected chi connectivity index (χ4v) is 1.70. The third-order valence-electron chi connectivity index (χ3n) is 2.44. The Balaban J connectivity index is 2.06. The maximum absolute atomic E-state index is 8.78. The summed E-state index contributed by atoms with van der Waals surface area (Å²) in [6.07, 6.45) is 0. The number of aromatic nitrogens is 1. The number of nitrogens with zero attached hydrogens (tertiary/aromatic N) is 2. The van der Waals surface area contributed by atoms with E-state index in [4.69, 9.17) is 26.3 Å². The fraction of sp³-hybridized carbons (Fsp3) is 0.143. The minimum atomic E-state index is 0.305. The van der Waals surface area contributed by atoms with Crippen LogP contribution in [0.1, 0.15) is 11.3 Å². The van der Waals surface area contributed by atoms with Gasteiger partial charge in [0.15, 0.2) is 0 Å². The van der Waals surface area contributed by atoms with E-state index in [0.29, 0.717) is 28.8 Å². The Labute approximate surface area is 116 Å². The minimum Gasteiger partial charge on any atom is -0.487 e. The lowest BCUT2D eigenvalue weighted by molar-refractivity contribution is 0.298. The molecule has 0 atom stereocenters. The first-order valence-corrected chi connectivity index (χ1v) is 5.93. The van der Waals surface area contributed by atoms with E-state index >= 15 is 0 Å². The van der Waals surface area contributed by atoms with Crippen molar-refractivity contribution in [3.63, 3.8) is 0 Å². The maximum Gasteiger partial charge on any atom is 0.213 e. The van der Waals surface area contributed by atoms with Crippen molar-refractivity contribution >= 4 is 11.6 Å². The van der Waals surface area contributed by atoms with Gasteiger partial charge in [0.05, 0.1) is 23.4 Å². The Hall–Kier alpha value is -2.25. The molecule has 0 amide bonds. The van der Waals surface area contributed by atoms with Crippen LogP contribution < -0.4 is 9.47 Å². The highest BCUT2D eigenvalue weighted by atomic mass is 35.5. The molecule has 0 unspecified atom stereocenters. The Morgan fingerprint density at radius 3 is 2.84 bits per heavy atom. The van der Waals surface area contributed by atoms with Gasteiger partial charge >= 0.3 is 0 Å². The second-order valence-corrected chi connectivity index (χ2v) is 4.12. The summed E-state index contributed by atoms with van der Waals surface area (Å²) in [5.74, 6) is 1.13. The van der Waals surface area contributed by atoms with Gasteiger partial charge in [0, 0.05) is 12.1 Å². The average Bonchev–Trinajstić information content (AvgIpc) is 2.45. The predicted molar refractivity (Wildman–Crippen MR) is 71.3 cm³/mol. The normalized spacial score (nSPS) is 9.74. The molecule has 0 saturated carbocycles. The summed E-state index contributed by atoms with van der Waals surface area (Å²) < 4.78 is 10.6. The van der Waals surface area contributed by atoms with E-state index in [1.807, 2.05) is 18.2 Å². The number of hydrogen-bond acceptors (Lipinski definition) is 4. The summed E-state index contributed by atoms with van der Waals surface area (Å²) in [5, 5.41) is 9.15. The topological polar surface area (TPSA) is 55.1 Å². The average molecular weight is 275 g/mol. The number of pyridine rings is 1. The molecule has 2 aromatic rings. The molecule has 1 aromatic heterocycles. The molecule has 1 heterocycles. The zero-order valence-electron chi connectivity index (χ0n) is 10.3. The lowest BCUT2D eigenvalue weighted by atomic mass is 10.2. The molecule has 4 nitrogen and oxygen atoms in total. The lowest BCUT2D eigenvalue weighted by Crippen LogP contribution is -1.99. The minimum absolute atomic E-state index is 0.305. The molecule has 1 aromatic carbocycles. The number of methoxy groups -OCH3 is 1. The van der Waals surface area contributed by atoms with Gasteiger partial charge in [0.25, 0.3) is 0 Å². The highest BCUT2D eigenvalue weighted by Crippen LogP contribution is 2.22. The van der Waals surface area contributed by atoms with Crippen molar-refractivity contribution < 1.29 is 9.47 Å². The highest BCUT2D eigenvalue weighted by Gasteiger charge is 2.03. The quantitative estimate of drug-likeness (QED) is 0.859. The van der Waals surface area contributed by atoms with Crippen molar-refractivity contribution in [3.05, 3.63) is 52.7 Å². The van der Waals surface area contributed by atoms with Crippen LogP contribution in [0.3, 0.4) is 0 Å². The molecular weight excluding hydrogens is 264 g/mol. The first-order chi connectivity index (χ1) is 9.22. The van der Waals surface area contributed by atoms with E-state index < -0.39 is 0 Å². The van der Waals surface area contributed by atoms with Crippen molar-refractivity contribution in [2.24, 2.45) is 0 Å². The second kappa shape index (κ2) is 6.07. The third-order valence-corrected chi connectivity index (χ3v) is 2.75. The third kappa shape index (κ3) is 3.36. The van der Waals surface area contributed by atoms with Crippen molar-refractivity contribution in [2.45, 2.75) is 6.61 Å². The zero-order chi connectivity index (χ0) is 13.7. The van der Waals surface area contributed by atoms with Gasteiger partial charge in [-0.25, -0.2) is 4.98 Å². The molecular formula is C14H11ClN2O2. The van der Waals surface area contributed by atoms with Crippen molar-refractivity contribution in [1.82, 2.24) is 4.98 Å². The van der Waals surface area contributed by atoms with Crippen LogP contribution in [-0.4, -0.2) is 12.1 Å². The molecule has 19 heavy (non-hydrogen) atoms. The van der Waals surface area contributed by atoms with E-state index in [2.05, 4.69) is 4.98 Å². The summed E-state index contributed by atoms with van der Waals surface area (Å²) in [6.45, 7) is 0.305. The van der Waals surface area contributed by atoms with Gasteiger partial charge in [-0.3, -0.25) is 0 Å². The molecule has 96 valence electrons. The van der Waals surface area contributed by atoms with Gasteiger partial charge in [0.2, 0.25) is 5.88 Å². The van der Waals surface area contributed by atoms with Crippen LogP contribution in [0.5, 0.6) is 11.6 Å². The number of hydrogen-bond donors (Lipinski definition) is 0. The molecule has 0 aliphatic carbocycles. The summed E-state index contributed by atoms with van der Waals surface area (Å²) in [5.41, 5.74) is 1.17. The Kier molecular flexibility index (Phi) is 4.22. The SMILES string of the molecule is COc1cccc(COc2ccc(C#N)c(Cl)c2)n1. The van der Waals surface area contributed by atoms with E-state index in [1.165, 1.54) is 0 Å². The Morgan fingerprint density at radius 2 is 2.16 bits per heavy atom. The van der Waals surface area contributed by atoms with Crippen LogP contribution in [-0.2, 0) is 6.61 Å². The molecule has 0 saturated heterocycles. The monoisotopic (exact) mass is 274 g/mol. The van der Waals surface area contributed by atoms with Gasteiger partial charge in [0.1, 0.15) is 18.4 Å². The smallest absolute Gasteiger partial charge is 0.213 e. The summed E-state index contributed by atoms with van der Waals surface area (Å²) in [6, 6.07) is 12.4. The van der Waals surface area contributed by atoms with E-state index in [9.17, 15) is 0 Å². The van der Waals surface area contributed by atoms with Crippen molar-refractivity contribution in [1.29, 1.82) is 5.26 Å². The highest BCUT2D eigenvalue weighted by molar-refractivity contribution is 6.31. The van der Waals surface area contributed by atoms with Crippen molar-refractivity contribution in [3.8, 4) is 17.7 Å². The molecule has 5 heteroatoms. The molecule has 0 aliphatic heterocycles. The number of nitriles is 1. The largest absolute Gasteiger partial charge is 0.487 e. The molecule has 0 radical (unpaired) electrons. The summed E-state index contributed by atoms with van der Waals surface area (Å²) in [7, 11) is 1.56. The van der Waals surface area contributed by atoms with Gasteiger partial charge in [-0.1, -0.05) is 17.7 Å². The van der Waals surface area contributed by atoms with Gasteiger partial charge in [-0.15, -0.1) is 0 Å². The molecule has 0 spiro atoms. The summed E-state index contributed by atoms with van der Waals surface area (Å²) >= 11 is 5.92. The van der Waals surface area contributed by atoms with Crippen LogP contribution in [0, 0.1) is 11.3 Å². The maximum atomic E-state index is 8.78. The first kappa shape index (κ1) is 13.2.